The van der Waals surface area contributed by atoms with Crippen molar-refractivity contribution in [3.8, 4) is 0 Å². The van der Waals surface area contributed by atoms with Crippen LogP contribution in [0, 0.1) is 0 Å². The molecule has 0 saturated heterocycles. The SMILES string of the molecule is CCCCN(C)C(=NC)NCc1cccc(Cn2cncn2)c1.I. The van der Waals surface area contributed by atoms with E-state index in [2.05, 4.69) is 63.5 Å². The molecule has 0 bridgehead atoms. The molecule has 0 radical (unpaired) electrons. The number of nitrogens with one attached hydrogen (secondary N) is 1. The fraction of sp³-hybridized carbons (Fsp3) is 0.471. The molecule has 0 spiro atoms. The number of unbranched alkanes of at least 4 members (excludes halogenated alkanes) is 1. The van der Waals surface area contributed by atoms with Crippen LogP contribution in [-0.4, -0.2) is 46.3 Å². The molecule has 0 saturated carbocycles. The number of hydrogen-bond acceptors (Lipinski definition) is 3. The average Bonchev–Trinajstić information content (AvgIpc) is 3.06. The predicted molar refractivity (Wildman–Crippen MR) is 109 cm³/mol. The molecule has 0 unspecified atom stereocenters. The van der Waals surface area contributed by atoms with Crippen molar-refractivity contribution in [3.63, 3.8) is 0 Å². The van der Waals surface area contributed by atoms with Crippen molar-refractivity contribution in [2.45, 2.75) is 32.9 Å². The van der Waals surface area contributed by atoms with E-state index < -0.39 is 0 Å². The van der Waals surface area contributed by atoms with Crippen molar-refractivity contribution in [1.29, 1.82) is 0 Å². The Morgan fingerprint density at radius 3 is 2.79 bits per heavy atom. The van der Waals surface area contributed by atoms with Crippen LogP contribution < -0.4 is 5.32 Å². The van der Waals surface area contributed by atoms with Gasteiger partial charge in [0.25, 0.3) is 0 Å². The maximum Gasteiger partial charge on any atom is 0.193 e. The summed E-state index contributed by atoms with van der Waals surface area (Å²) >= 11 is 0. The Balaban J connectivity index is 0.00000288. The zero-order chi connectivity index (χ0) is 16.5. The Hall–Kier alpha value is -1.64. The highest BCUT2D eigenvalue weighted by atomic mass is 127. The highest BCUT2D eigenvalue weighted by Gasteiger charge is 2.05. The molecule has 1 aromatic heterocycles. The summed E-state index contributed by atoms with van der Waals surface area (Å²) in [5.74, 6) is 0.931. The Morgan fingerprint density at radius 2 is 2.12 bits per heavy atom. The van der Waals surface area contributed by atoms with Gasteiger partial charge < -0.3 is 10.2 Å². The molecule has 132 valence electrons. The minimum Gasteiger partial charge on any atom is -0.352 e. The monoisotopic (exact) mass is 442 g/mol. The second-order valence-corrected chi connectivity index (χ2v) is 5.59. The molecule has 0 aliphatic heterocycles. The van der Waals surface area contributed by atoms with Crippen molar-refractivity contribution in [2.24, 2.45) is 4.99 Å². The Bertz CT molecular complexity index is 611. The highest BCUT2D eigenvalue weighted by molar-refractivity contribution is 14.0. The van der Waals surface area contributed by atoms with Gasteiger partial charge >= 0.3 is 0 Å². The molecule has 0 aliphatic rings. The van der Waals surface area contributed by atoms with Gasteiger partial charge in [-0.25, -0.2) is 9.67 Å². The number of aromatic nitrogens is 3. The quantitative estimate of drug-likeness (QED) is 0.407. The van der Waals surface area contributed by atoms with Crippen LogP contribution in [-0.2, 0) is 13.1 Å². The van der Waals surface area contributed by atoms with Crippen LogP contribution in [0.2, 0.25) is 0 Å². The van der Waals surface area contributed by atoms with Gasteiger partial charge in [0.2, 0.25) is 0 Å². The molecule has 1 heterocycles. The Labute approximate surface area is 161 Å². The van der Waals surface area contributed by atoms with E-state index in [1.807, 2.05) is 11.7 Å². The fourth-order valence-corrected chi connectivity index (χ4v) is 2.41. The van der Waals surface area contributed by atoms with Crippen molar-refractivity contribution in [3.05, 3.63) is 48.0 Å². The van der Waals surface area contributed by atoms with Crippen molar-refractivity contribution >= 4 is 29.9 Å². The molecule has 1 N–H and O–H groups in total. The van der Waals surface area contributed by atoms with Gasteiger partial charge in [-0.1, -0.05) is 37.6 Å². The molecule has 6 nitrogen and oxygen atoms in total. The molecule has 2 rings (SSSR count). The second-order valence-electron chi connectivity index (χ2n) is 5.59. The lowest BCUT2D eigenvalue weighted by molar-refractivity contribution is 0.464. The standard InChI is InChI=1S/C17H26N6.HI/c1-4-5-9-22(3)17(18-2)20-11-15-7-6-8-16(10-15)12-23-14-19-13-21-23;/h6-8,10,13-14H,4-5,9,11-12H2,1-3H3,(H,18,20);1H. The average molecular weight is 442 g/mol. The molecule has 2 aromatic rings. The van der Waals surface area contributed by atoms with Gasteiger partial charge in [-0.2, -0.15) is 5.10 Å². The Kier molecular flexibility index (Phi) is 9.36. The summed E-state index contributed by atoms with van der Waals surface area (Å²) in [7, 11) is 3.90. The molecule has 0 atom stereocenters. The highest BCUT2D eigenvalue weighted by Crippen LogP contribution is 2.07. The van der Waals surface area contributed by atoms with Gasteiger partial charge in [0.15, 0.2) is 5.96 Å². The molecule has 24 heavy (non-hydrogen) atoms. The largest absolute Gasteiger partial charge is 0.352 e. The number of hydrogen-bond donors (Lipinski definition) is 1. The minimum atomic E-state index is 0. The zero-order valence-electron chi connectivity index (χ0n) is 14.6. The lowest BCUT2D eigenvalue weighted by atomic mass is 10.1. The summed E-state index contributed by atoms with van der Waals surface area (Å²) in [5, 5.41) is 7.57. The van der Waals surface area contributed by atoms with Crippen LogP contribution in [0.15, 0.2) is 41.9 Å². The van der Waals surface area contributed by atoms with Crippen LogP contribution in [0.25, 0.3) is 0 Å². The van der Waals surface area contributed by atoms with Gasteiger partial charge in [0, 0.05) is 27.2 Å². The van der Waals surface area contributed by atoms with E-state index >= 15 is 0 Å². The first kappa shape index (κ1) is 20.4. The number of halogens is 1. The molecule has 7 heteroatoms. The number of benzene rings is 1. The molecule has 1 aromatic carbocycles. The molecular weight excluding hydrogens is 415 g/mol. The van der Waals surface area contributed by atoms with Crippen LogP contribution in [0.4, 0.5) is 0 Å². The van der Waals surface area contributed by atoms with Gasteiger partial charge in [0.1, 0.15) is 12.7 Å². The Morgan fingerprint density at radius 1 is 1.33 bits per heavy atom. The van der Waals surface area contributed by atoms with Crippen LogP contribution >= 0.6 is 24.0 Å². The minimum absolute atomic E-state index is 0. The first-order valence-electron chi connectivity index (χ1n) is 8.05. The summed E-state index contributed by atoms with van der Waals surface area (Å²) in [6.07, 6.45) is 5.65. The summed E-state index contributed by atoms with van der Waals surface area (Å²) in [6, 6.07) is 8.49. The molecular formula is C17H27IN6. The van der Waals surface area contributed by atoms with Gasteiger partial charge in [-0.3, -0.25) is 4.99 Å². The third-order valence-corrected chi connectivity index (χ3v) is 3.67. The summed E-state index contributed by atoms with van der Waals surface area (Å²) in [4.78, 5) is 10.5. The van der Waals surface area contributed by atoms with E-state index in [1.54, 1.807) is 12.7 Å². The summed E-state index contributed by atoms with van der Waals surface area (Å²) in [6.45, 7) is 4.71. The van der Waals surface area contributed by atoms with Crippen molar-refractivity contribution in [1.82, 2.24) is 25.0 Å². The maximum atomic E-state index is 4.35. The van der Waals surface area contributed by atoms with E-state index in [-0.39, 0.29) is 24.0 Å². The smallest absolute Gasteiger partial charge is 0.193 e. The molecule has 0 amide bonds. The number of aliphatic imine (C=N–C) groups is 1. The first-order chi connectivity index (χ1) is 11.2. The lowest BCUT2D eigenvalue weighted by Gasteiger charge is -2.22. The lowest BCUT2D eigenvalue weighted by Crippen LogP contribution is -2.38. The second kappa shape index (κ2) is 11.0. The van der Waals surface area contributed by atoms with Crippen LogP contribution in [0.5, 0.6) is 0 Å². The summed E-state index contributed by atoms with van der Waals surface area (Å²) < 4.78 is 1.82. The summed E-state index contributed by atoms with van der Waals surface area (Å²) in [5.41, 5.74) is 2.44. The van der Waals surface area contributed by atoms with Gasteiger partial charge in [-0.05, 0) is 17.5 Å². The van der Waals surface area contributed by atoms with Crippen molar-refractivity contribution < 1.29 is 0 Å². The number of guanidine groups is 1. The third-order valence-electron chi connectivity index (χ3n) is 3.67. The van der Waals surface area contributed by atoms with Gasteiger partial charge in [0.05, 0.1) is 6.54 Å². The molecule has 0 aliphatic carbocycles. The third kappa shape index (κ3) is 6.46. The van der Waals surface area contributed by atoms with E-state index in [0.29, 0.717) is 0 Å². The van der Waals surface area contributed by atoms with E-state index in [9.17, 15) is 0 Å². The number of nitrogens with zero attached hydrogens (tertiary/aromatic N) is 5. The first-order valence-corrected chi connectivity index (χ1v) is 8.05. The molecule has 0 fully saturated rings. The maximum absolute atomic E-state index is 4.35. The normalized spacial score (nSPS) is 11.0. The van der Waals surface area contributed by atoms with Gasteiger partial charge in [-0.15, -0.1) is 24.0 Å². The van der Waals surface area contributed by atoms with Crippen LogP contribution in [0.3, 0.4) is 0 Å². The fourth-order valence-electron chi connectivity index (χ4n) is 2.41. The number of rotatable bonds is 7. The zero-order valence-corrected chi connectivity index (χ0v) is 17.0. The predicted octanol–water partition coefficient (Wildman–Crippen LogP) is 2.75. The topological polar surface area (TPSA) is 58.3 Å². The van der Waals surface area contributed by atoms with E-state index in [4.69, 9.17) is 0 Å². The van der Waals surface area contributed by atoms with E-state index in [1.165, 1.54) is 24.0 Å². The van der Waals surface area contributed by atoms with Crippen molar-refractivity contribution in [2.75, 3.05) is 20.6 Å². The van der Waals surface area contributed by atoms with Crippen LogP contribution in [0.1, 0.15) is 30.9 Å². The van der Waals surface area contributed by atoms with E-state index in [0.717, 1.165) is 25.6 Å².